The smallest absolute Gasteiger partial charge is 0.191 e. The molecule has 0 radical (unpaired) electrons. The summed E-state index contributed by atoms with van der Waals surface area (Å²) >= 11 is 0. The average Bonchev–Trinajstić information content (AvgIpc) is 2.50. The molecule has 1 rings (SSSR count). The SMILES string of the molecule is CC(C)(C)[Si](C)(C)OCC1CCCC1. The van der Waals surface area contributed by atoms with Gasteiger partial charge in [0.1, 0.15) is 0 Å². The molecule has 2 heteroatoms. The van der Waals surface area contributed by atoms with Gasteiger partial charge >= 0.3 is 0 Å². The van der Waals surface area contributed by atoms with Crippen LogP contribution in [0.15, 0.2) is 0 Å². The second-order valence-corrected chi connectivity index (χ2v) is 11.0. The monoisotopic (exact) mass is 214 g/mol. The van der Waals surface area contributed by atoms with Crippen molar-refractivity contribution in [3.63, 3.8) is 0 Å². The predicted octanol–water partition coefficient (Wildman–Crippen LogP) is 4.20. The Bertz CT molecular complexity index is 175. The van der Waals surface area contributed by atoms with Crippen LogP contribution in [0.5, 0.6) is 0 Å². The Hall–Kier alpha value is 0.177. The molecule has 0 spiro atoms. The van der Waals surface area contributed by atoms with Crippen molar-refractivity contribution in [3.8, 4) is 0 Å². The first-order valence-corrected chi connectivity index (χ1v) is 8.88. The van der Waals surface area contributed by atoms with Crippen LogP contribution < -0.4 is 0 Å². The first-order valence-electron chi connectivity index (χ1n) is 5.97. The van der Waals surface area contributed by atoms with E-state index in [1.54, 1.807) is 0 Å². The lowest BCUT2D eigenvalue weighted by Gasteiger charge is -2.37. The summed E-state index contributed by atoms with van der Waals surface area (Å²) in [5.41, 5.74) is 0. The molecule has 0 aromatic carbocycles. The zero-order valence-electron chi connectivity index (χ0n) is 10.5. The first-order chi connectivity index (χ1) is 6.33. The standard InChI is InChI=1S/C12H26OSi/c1-12(2,3)14(4,5)13-10-11-8-6-7-9-11/h11H,6-10H2,1-5H3. The molecule has 0 amide bonds. The van der Waals surface area contributed by atoms with Gasteiger partial charge in [-0.3, -0.25) is 0 Å². The molecule has 0 aromatic heterocycles. The van der Waals surface area contributed by atoms with E-state index in [9.17, 15) is 0 Å². The van der Waals surface area contributed by atoms with Gasteiger partial charge in [-0.1, -0.05) is 33.6 Å². The minimum absolute atomic E-state index is 0.367. The van der Waals surface area contributed by atoms with E-state index in [1.807, 2.05) is 0 Å². The summed E-state index contributed by atoms with van der Waals surface area (Å²) in [6.45, 7) is 12.7. The van der Waals surface area contributed by atoms with E-state index in [0.717, 1.165) is 12.5 Å². The minimum Gasteiger partial charge on any atom is -0.417 e. The average molecular weight is 214 g/mol. The Balaban J connectivity index is 2.35. The lowest BCUT2D eigenvalue weighted by Crippen LogP contribution is -2.41. The van der Waals surface area contributed by atoms with E-state index in [-0.39, 0.29) is 0 Å². The van der Waals surface area contributed by atoms with Crippen LogP contribution in [0, 0.1) is 5.92 Å². The van der Waals surface area contributed by atoms with Crippen molar-refractivity contribution >= 4 is 8.32 Å². The number of hydrogen-bond acceptors (Lipinski definition) is 1. The van der Waals surface area contributed by atoms with Gasteiger partial charge in [-0.05, 0) is 36.9 Å². The number of rotatable bonds is 3. The van der Waals surface area contributed by atoms with Gasteiger partial charge in [0.05, 0.1) is 0 Å². The maximum Gasteiger partial charge on any atom is 0.191 e. The van der Waals surface area contributed by atoms with Gasteiger partial charge in [-0.25, -0.2) is 0 Å². The van der Waals surface area contributed by atoms with E-state index in [0.29, 0.717) is 5.04 Å². The zero-order valence-corrected chi connectivity index (χ0v) is 11.5. The Morgan fingerprint density at radius 1 is 1.14 bits per heavy atom. The summed E-state index contributed by atoms with van der Waals surface area (Å²) in [6, 6.07) is 0. The highest BCUT2D eigenvalue weighted by molar-refractivity contribution is 6.74. The maximum absolute atomic E-state index is 6.22. The molecule has 0 unspecified atom stereocenters. The summed E-state index contributed by atoms with van der Waals surface area (Å²) in [5.74, 6) is 0.865. The van der Waals surface area contributed by atoms with Crippen LogP contribution in [0.4, 0.5) is 0 Å². The third kappa shape index (κ3) is 3.09. The van der Waals surface area contributed by atoms with E-state index in [1.165, 1.54) is 25.7 Å². The van der Waals surface area contributed by atoms with Crippen LogP contribution in [0.25, 0.3) is 0 Å². The van der Waals surface area contributed by atoms with Crippen LogP contribution in [-0.4, -0.2) is 14.9 Å². The van der Waals surface area contributed by atoms with E-state index in [4.69, 9.17) is 4.43 Å². The molecule has 0 heterocycles. The summed E-state index contributed by atoms with van der Waals surface area (Å²) in [7, 11) is -1.47. The molecular weight excluding hydrogens is 188 g/mol. The summed E-state index contributed by atoms with van der Waals surface area (Å²) in [6.07, 6.45) is 5.64. The lowest BCUT2D eigenvalue weighted by molar-refractivity contribution is 0.230. The molecule has 0 atom stereocenters. The van der Waals surface area contributed by atoms with Crippen molar-refractivity contribution < 1.29 is 4.43 Å². The van der Waals surface area contributed by atoms with Crippen molar-refractivity contribution in [1.82, 2.24) is 0 Å². The van der Waals surface area contributed by atoms with Gasteiger partial charge in [-0.15, -0.1) is 0 Å². The Morgan fingerprint density at radius 2 is 1.64 bits per heavy atom. The summed E-state index contributed by atoms with van der Waals surface area (Å²) < 4.78 is 6.22. The second kappa shape index (κ2) is 4.36. The summed E-state index contributed by atoms with van der Waals surface area (Å²) in [4.78, 5) is 0. The van der Waals surface area contributed by atoms with Crippen LogP contribution in [0.2, 0.25) is 18.1 Å². The number of hydrogen-bond donors (Lipinski definition) is 0. The van der Waals surface area contributed by atoms with E-state index >= 15 is 0 Å². The molecule has 1 aliphatic rings. The molecule has 1 saturated carbocycles. The first kappa shape index (κ1) is 12.2. The summed E-state index contributed by atoms with van der Waals surface area (Å²) in [5, 5.41) is 0.367. The molecular formula is C12H26OSi. The van der Waals surface area contributed by atoms with Crippen molar-refractivity contribution in [1.29, 1.82) is 0 Å². The third-order valence-corrected chi connectivity index (χ3v) is 8.46. The van der Waals surface area contributed by atoms with E-state index in [2.05, 4.69) is 33.9 Å². The highest BCUT2D eigenvalue weighted by Crippen LogP contribution is 2.37. The van der Waals surface area contributed by atoms with Gasteiger partial charge in [-0.2, -0.15) is 0 Å². The minimum atomic E-state index is -1.47. The molecule has 14 heavy (non-hydrogen) atoms. The van der Waals surface area contributed by atoms with Crippen LogP contribution >= 0.6 is 0 Å². The molecule has 1 aliphatic carbocycles. The van der Waals surface area contributed by atoms with Gasteiger partial charge < -0.3 is 4.43 Å². The zero-order chi connectivity index (χ0) is 10.8. The van der Waals surface area contributed by atoms with Crippen molar-refractivity contribution in [2.45, 2.75) is 64.6 Å². The molecule has 0 saturated heterocycles. The fraction of sp³-hybridized carbons (Fsp3) is 1.00. The topological polar surface area (TPSA) is 9.23 Å². The molecule has 0 N–H and O–H groups in total. The molecule has 1 fully saturated rings. The highest BCUT2D eigenvalue weighted by Gasteiger charge is 2.37. The third-order valence-electron chi connectivity index (χ3n) is 3.96. The normalized spacial score (nSPS) is 20.4. The van der Waals surface area contributed by atoms with Crippen molar-refractivity contribution in [2.24, 2.45) is 5.92 Å². The quantitative estimate of drug-likeness (QED) is 0.640. The Kier molecular flexibility index (Phi) is 3.81. The van der Waals surface area contributed by atoms with Crippen molar-refractivity contribution in [2.75, 3.05) is 6.61 Å². The van der Waals surface area contributed by atoms with Crippen LogP contribution in [-0.2, 0) is 4.43 Å². The molecule has 84 valence electrons. The van der Waals surface area contributed by atoms with Gasteiger partial charge in [0.25, 0.3) is 0 Å². The molecule has 1 nitrogen and oxygen atoms in total. The van der Waals surface area contributed by atoms with Crippen LogP contribution in [0.1, 0.15) is 46.5 Å². The molecule has 0 aliphatic heterocycles. The van der Waals surface area contributed by atoms with Gasteiger partial charge in [0.15, 0.2) is 8.32 Å². The second-order valence-electron chi connectivity index (χ2n) is 6.22. The largest absolute Gasteiger partial charge is 0.417 e. The fourth-order valence-electron chi connectivity index (χ4n) is 1.72. The predicted molar refractivity (Wildman–Crippen MR) is 65.1 cm³/mol. The van der Waals surface area contributed by atoms with Crippen LogP contribution in [0.3, 0.4) is 0 Å². The van der Waals surface area contributed by atoms with Crippen molar-refractivity contribution in [3.05, 3.63) is 0 Å². The maximum atomic E-state index is 6.22. The Morgan fingerprint density at radius 3 is 2.07 bits per heavy atom. The fourth-order valence-corrected chi connectivity index (χ4v) is 2.81. The highest BCUT2D eigenvalue weighted by atomic mass is 28.4. The molecule has 0 aromatic rings. The lowest BCUT2D eigenvalue weighted by atomic mass is 10.1. The Labute approximate surface area is 90.4 Å². The van der Waals surface area contributed by atoms with Gasteiger partial charge in [0.2, 0.25) is 0 Å². The van der Waals surface area contributed by atoms with E-state index < -0.39 is 8.32 Å². The van der Waals surface area contributed by atoms with Gasteiger partial charge in [0, 0.05) is 6.61 Å². The molecule has 0 bridgehead atoms.